The Bertz CT molecular complexity index is 258. The summed E-state index contributed by atoms with van der Waals surface area (Å²) in [5.74, 6) is 1.98. The van der Waals surface area contributed by atoms with Crippen molar-refractivity contribution in [1.82, 2.24) is 4.90 Å². The minimum absolute atomic E-state index is 0.183. The quantitative estimate of drug-likeness (QED) is 0.750. The monoisotopic (exact) mass is 239 g/mol. The molecule has 100 valence electrons. The zero-order valence-corrected chi connectivity index (χ0v) is 12.3. The van der Waals surface area contributed by atoms with Crippen LogP contribution in [-0.2, 0) is 4.79 Å². The fraction of sp³-hybridized carbons (Fsp3) is 0.933. The van der Waals surface area contributed by atoms with Crippen LogP contribution in [0.1, 0.15) is 53.9 Å². The van der Waals surface area contributed by atoms with Gasteiger partial charge in [0.2, 0.25) is 0 Å². The predicted octanol–water partition coefficient (Wildman–Crippen LogP) is 3.36. The van der Waals surface area contributed by atoms with E-state index in [0.29, 0.717) is 5.78 Å². The van der Waals surface area contributed by atoms with Gasteiger partial charge in [-0.1, -0.05) is 27.7 Å². The molecule has 1 aliphatic heterocycles. The lowest BCUT2D eigenvalue weighted by Crippen LogP contribution is -2.38. The molecule has 1 unspecified atom stereocenters. The fourth-order valence-corrected chi connectivity index (χ4v) is 2.68. The van der Waals surface area contributed by atoms with Crippen LogP contribution >= 0.6 is 0 Å². The van der Waals surface area contributed by atoms with Gasteiger partial charge in [0.25, 0.3) is 0 Å². The largest absolute Gasteiger partial charge is 0.302 e. The van der Waals surface area contributed by atoms with Gasteiger partial charge in [0.05, 0.1) is 0 Å². The molecule has 0 spiro atoms. The average Bonchev–Trinajstić information content (AvgIpc) is 2.42. The van der Waals surface area contributed by atoms with E-state index in [-0.39, 0.29) is 5.41 Å². The number of hydrogen-bond acceptors (Lipinski definition) is 2. The molecule has 1 fully saturated rings. The predicted molar refractivity (Wildman–Crippen MR) is 73.1 cm³/mol. The third kappa shape index (κ3) is 4.42. The molecule has 0 aromatic carbocycles. The number of Topliss-reactive ketones (excluding diaryl/α,β-unsaturated/α-hetero) is 1. The Morgan fingerprint density at radius 1 is 1.29 bits per heavy atom. The van der Waals surface area contributed by atoms with E-state index >= 15 is 0 Å². The van der Waals surface area contributed by atoms with E-state index in [1.165, 1.54) is 32.4 Å². The molecular weight excluding hydrogens is 210 g/mol. The smallest absolute Gasteiger partial charge is 0.136 e. The second kappa shape index (κ2) is 5.99. The molecule has 1 aliphatic rings. The lowest BCUT2D eigenvalue weighted by atomic mass is 9.88. The van der Waals surface area contributed by atoms with Crippen LogP contribution in [-0.4, -0.2) is 30.3 Å². The van der Waals surface area contributed by atoms with Gasteiger partial charge in [0.15, 0.2) is 0 Å². The maximum absolute atomic E-state index is 11.6. The standard InChI is InChI=1S/C15H29NO/c1-12(2)14-7-6-9-16(10-8-14)11-15(4,5)13(3)17/h12,14H,6-11H2,1-5H3. The zero-order valence-electron chi connectivity index (χ0n) is 12.3. The van der Waals surface area contributed by atoms with E-state index in [1.807, 2.05) is 0 Å². The first-order chi connectivity index (χ1) is 7.83. The van der Waals surface area contributed by atoms with Crippen LogP contribution in [0.3, 0.4) is 0 Å². The molecule has 0 aromatic heterocycles. The van der Waals surface area contributed by atoms with Crippen LogP contribution in [0.25, 0.3) is 0 Å². The fourth-order valence-electron chi connectivity index (χ4n) is 2.68. The molecule has 17 heavy (non-hydrogen) atoms. The van der Waals surface area contributed by atoms with Crippen LogP contribution in [0.5, 0.6) is 0 Å². The molecule has 1 rings (SSSR count). The maximum Gasteiger partial charge on any atom is 0.136 e. The maximum atomic E-state index is 11.6. The van der Waals surface area contributed by atoms with Gasteiger partial charge in [-0.15, -0.1) is 0 Å². The Kier molecular flexibility index (Phi) is 5.18. The van der Waals surface area contributed by atoms with E-state index in [9.17, 15) is 4.79 Å². The van der Waals surface area contributed by atoms with Gasteiger partial charge in [0.1, 0.15) is 5.78 Å². The van der Waals surface area contributed by atoms with Crippen molar-refractivity contribution in [3.63, 3.8) is 0 Å². The summed E-state index contributed by atoms with van der Waals surface area (Å²) in [6.07, 6.45) is 3.94. The molecule has 2 nitrogen and oxygen atoms in total. The van der Waals surface area contributed by atoms with Crippen molar-refractivity contribution in [1.29, 1.82) is 0 Å². The van der Waals surface area contributed by atoms with Crippen molar-refractivity contribution in [3.8, 4) is 0 Å². The summed E-state index contributed by atoms with van der Waals surface area (Å²) in [5.41, 5.74) is -0.183. The summed E-state index contributed by atoms with van der Waals surface area (Å²) in [6, 6.07) is 0. The highest BCUT2D eigenvalue weighted by Gasteiger charge is 2.28. The lowest BCUT2D eigenvalue weighted by Gasteiger charge is -2.30. The summed E-state index contributed by atoms with van der Waals surface area (Å²) in [4.78, 5) is 14.1. The van der Waals surface area contributed by atoms with E-state index in [1.54, 1.807) is 6.92 Å². The van der Waals surface area contributed by atoms with Crippen LogP contribution in [0.4, 0.5) is 0 Å². The molecule has 2 heteroatoms. The number of carbonyl (C=O) groups is 1. The van der Waals surface area contributed by atoms with Gasteiger partial charge in [-0.2, -0.15) is 0 Å². The SMILES string of the molecule is CC(=O)C(C)(C)CN1CCCC(C(C)C)CC1. The van der Waals surface area contributed by atoms with E-state index in [4.69, 9.17) is 0 Å². The third-order valence-corrected chi connectivity index (χ3v) is 4.38. The van der Waals surface area contributed by atoms with Gasteiger partial charge in [-0.25, -0.2) is 0 Å². The highest BCUT2D eigenvalue weighted by molar-refractivity contribution is 5.81. The van der Waals surface area contributed by atoms with Crippen molar-refractivity contribution in [2.45, 2.75) is 53.9 Å². The first-order valence-corrected chi connectivity index (χ1v) is 7.06. The van der Waals surface area contributed by atoms with Gasteiger partial charge < -0.3 is 4.90 Å². The van der Waals surface area contributed by atoms with Gasteiger partial charge in [-0.3, -0.25) is 4.79 Å². The van der Waals surface area contributed by atoms with Crippen molar-refractivity contribution in [2.24, 2.45) is 17.3 Å². The summed E-state index contributed by atoms with van der Waals surface area (Å²) in [5, 5.41) is 0. The zero-order chi connectivity index (χ0) is 13.1. The van der Waals surface area contributed by atoms with Gasteiger partial charge >= 0.3 is 0 Å². The van der Waals surface area contributed by atoms with E-state index in [0.717, 1.165) is 18.4 Å². The summed E-state index contributed by atoms with van der Waals surface area (Å²) in [6.45, 7) is 13.8. The van der Waals surface area contributed by atoms with Crippen molar-refractivity contribution >= 4 is 5.78 Å². The Morgan fingerprint density at radius 2 is 1.94 bits per heavy atom. The summed E-state index contributed by atoms with van der Waals surface area (Å²) in [7, 11) is 0. The van der Waals surface area contributed by atoms with Gasteiger partial charge in [-0.05, 0) is 51.1 Å². The highest BCUT2D eigenvalue weighted by Crippen LogP contribution is 2.26. The van der Waals surface area contributed by atoms with Crippen molar-refractivity contribution < 1.29 is 4.79 Å². The minimum atomic E-state index is -0.183. The molecule has 0 amide bonds. The minimum Gasteiger partial charge on any atom is -0.302 e. The molecular formula is C15H29NO. The number of hydrogen-bond donors (Lipinski definition) is 0. The molecule has 0 radical (unpaired) electrons. The van der Waals surface area contributed by atoms with Gasteiger partial charge in [0, 0.05) is 12.0 Å². The molecule has 0 aliphatic carbocycles. The molecule has 0 bridgehead atoms. The molecule has 1 heterocycles. The lowest BCUT2D eigenvalue weighted by molar-refractivity contribution is -0.125. The number of carbonyl (C=O) groups excluding carboxylic acids is 1. The molecule has 0 aromatic rings. The van der Waals surface area contributed by atoms with E-state index < -0.39 is 0 Å². The summed E-state index contributed by atoms with van der Waals surface area (Å²) < 4.78 is 0. The highest BCUT2D eigenvalue weighted by atomic mass is 16.1. The van der Waals surface area contributed by atoms with Crippen LogP contribution in [0.15, 0.2) is 0 Å². The molecule has 0 N–H and O–H groups in total. The number of ketones is 1. The number of likely N-dealkylation sites (tertiary alicyclic amines) is 1. The Hall–Kier alpha value is -0.370. The Balaban J connectivity index is 2.49. The Morgan fingerprint density at radius 3 is 2.47 bits per heavy atom. The first-order valence-electron chi connectivity index (χ1n) is 7.06. The Labute approximate surface area is 107 Å². The van der Waals surface area contributed by atoms with Crippen LogP contribution in [0.2, 0.25) is 0 Å². The second-order valence-corrected chi connectivity index (χ2v) is 6.65. The normalized spacial score (nSPS) is 23.8. The van der Waals surface area contributed by atoms with Crippen LogP contribution in [0, 0.1) is 17.3 Å². The molecule has 1 atom stereocenters. The first kappa shape index (κ1) is 14.7. The molecule has 0 saturated carbocycles. The number of nitrogens with zero attached hydrogens (tertiary/aromatic N) is 1. The average molecular weight is 239 g/mol. The van der Waals surface area contributed by atoms with Crippen molar-refractivity contribution in [3.05, 3.63) is 0 Å². The molecule has 1 saturated heterocycles. The van der Waals surface area contributed by atoms with E-state index in [2.05, 4.69) is 32.6 Å². The topological polar surface area (TPSA) is 20.3 Å². The third-order valence-electron chi connectivity index (χ3n) is 4.38. The van der Waals surface area contributed by atoms with Crippen molar-refractivity contribution in [2.75, 3.05) is 19.6 Å². The van der Waals surface area contributed by atoms with Crippen LogP contribution < -0.4 is 0 Å². The second-order valence-electron chi connectivity index (χ2n) is 6.65. The summed E-state index contributed by atoms with van der Waals surface area (Å²) >= 11 is 0. The number of rotatable bonds is 4.